The Kier molecular flexibility index (Phi) is 7.59. The number of alkyl halides is 2. The minimum atomic E-state index is -2.61. The Hall–Kier alpha value is -3.30. The van der Waals surface area contributed by atoms with Gasteiger partial charge in [-0.05, 0) is 92.1 Å². The smallest absolute Gasteiger partial charge is 0.264 e. The molecular formula is C32H39F2N5O2. The van der Waals surface area contributed by atoms with Gasteiger partial charge in [0.25, 0.3) is 6.43 Å². The topological polar surface area (TPSA) is 64.8 Å². The summed E-state index contributed by atoms with van der Waals surface area (Å²) in [4.78, 5) is 18.8. The summed E-state index contributed by atoms with van der Waals surface area (Å²) in [6.07, 6.45) is 4.22. The number of aryl methyl sites for hydroxylation is 2. The molecule has 4 heterocycles. The molecule has 7 nitrogen and oxygen atoms in total. The zero-order valence-electron chi connectivity index (χ0n) is 24.1. The van der Waals surface area contributed by atoms with Gasteiger partial charge < -0.3 is 19.8 Å². The van der Waals surface area contributed by atoms with Crippen LogP contribution in [-0.4, -0.2) is 62.9 Å². The predicted molar refractivity (Wildman–Crippen MR) is 155 cm³/mol. The van der Waals surface area contributed by atoms with Crippen LogP contribution in [0.15, 0.2) is 36.7 Å². The lowest BCUT2D eigenvalue weighted by Crippen LogP contribution is -2.37. The van der Waals surface area contributed by atoms with E-state index < -0.39 is 6.43 Å². The number of nitrogens with zero attached hydrogens (tertiary/aromatic N) is 5. The fraction of sp³-hybridized carbons (Fsp3) is 0.500. The second-order valence-electron chi connectivity index (χ2n) is 12.0. The molecule has 0 spiro atoms. The number of fused-ring (bicyclic) bond motifs is 2. The maximum atomic E-state index is 14.5. The Morgan fingerprint density at radius 3 is 2.51 bits per heavy atom. The van der Waals surface area contributed by atoms with Gasteiger partial charge >= 0.3 is 0 Å². The summed E-state index contributed by atoms with van der Waals surface area (Å²) in [5, 5.41) is 14.0. The molecule has 0 unspecified atom stereocenters. The first-order chi connectivity index (χ1) is 19.7. The number of β-amino-alcohol motifs (C(OH)–C–C–N with tert-alkyl or cyclic N) is 1. The lowest BCUT2D eigenvalue weighted by Gasteiger charge is -2.36. The van der Waals surface area contributed by atoms with Gasteiger partial charge in [-0.3, -0.25) is 9.48 Å². The van der Waals surface area contributed by atoms with E-state index >= 15 is 0 Å². The summed E-state index contributed by atoms with van der Waals surface area (Å²) < 4.78 is 30.6. The molecule has 3 aliphatic rings. The van der Waals surface area contributed by atoms with Crippen molar-refractivity contribution >= 4 is 17.3 Å². The summed E-state index contributed by atoms with van der Waals surface area (Å²) in [6, 6.07) is 8.16. The van der Waals surface area contributed by atoms with E-state index in [1.165, 1.54) is 5.56 Å². The Balaban J connectivity index is 1.41. The number of anilines is 2. The molecule has 1 amide bonds. The number of likely N-dealkylation sites (tertiary alicyclic amines) is 1. The highest BCUT2D eigenvalue weighted by molar-refractivity contribution is 5.80. The van der Waals surface area contributed by atoms with Gasteiger partial charge in [-0.15, -0.1) is 0 Å². The minimum Gasteiger partial charge on any atom is -0.392 e. The summed E-state index contributed by atoms with van der Waals surface area (Å²) in [5.74, 6) is 0.421. The SMILES string of the molecule is CC(=O)N1Cc2cc(C3CCN(C[C@H](C)O)CC3)cc(N3CCCc4cc(-c5cnn(C)c5)c(C(F)F)cc43)c2C1. The number of amides is 1. The van der Waals surface area contributed by atoms with Crippen molar-refractivity contribution in [1.29, 1.82) is 0 Å². The van der Waals surface area contributed by atoms with Gasteiger partial charge in [-0.25, -0.2) is 8.78 Å². The van der Waals surface area contributed by atoms with Crippen molar-refractivity contribution in [3.63, 3.8) is 0 Å². The van der Waals surface area contributed by atoms with Gasteiger partial charge in [0.15, 0.2) is 0 Å². The van der Waals surface area contributed by atoms with Gasteiger partial charge in [0.1, 0.15) is 0 Å². The van der Waals surface area contributed by atoms with E-state index in [0.29, 0.717) is 36.7 Å². The van der Waals surface area contributed by atoms with Crippen LogP contribution in [0, 0.1) is 0 Å². The monoisotopic (exact) mass is 563 g/mol. The Labute approximate surface area is 240 Å². The molecule has 1 fully saturated rings. The van der Waals surface area contributed by atoms with Crippen LogP contribution in [0.3, 0.4) is 0 Å². The van der Waals surface area contributed by atoms with Crippen LogP contribution in [-0.2, 0) is 31.4 Å². The summed E-state index contributed by atoms with van der Waals surface area (Å²) >= 11 is 0. The molecule has 6 rings (SSSR count). The van der Waals surface area contributed by atoms with E-state index in [2.05, 4.69) is 27.0 Å². The highest BCUT2D eigenvalue weighted by Crippen LogP contribution is 2.45. The van der Waals surface area contributed by atoms with Crippen molar-refractivity contribution in [1.82, 2.24) is 19.6 Å². The van der Waals surface area contributed by atoms with Gasteiger partial charge in [0, 0.05) is 74.4 Å². The van der Waals surface area contributed by atoms with Crippen LogP contribution in [0.1, 0.15) is 73.3 Å². The summed E-state index contributed by atoms with van der Waals surface area (Å²) in [6.45, 7) is 7.85. The number of rotatable bonds is 6. The van der Waals surface area contributed by atoms with Crippen LogP contribution >= 0.6 is 0 Å². The van der Waals surface area contributed by atoms with Crippen molar-refractivity contribution in [3.05, 3.63) is 64.5 Å². The average molecular weight is 564 g/mol. The normalized spacial score (nSPS) is 18.6. The first-order valence-corrected chi connectivity index (χ1v) is 14.7. The molecule has 1 N–H and O–H groups in total. The molecule has 3 aromatic rings. The molecular weight excluding hydrogens is 524 g/mol. The van der Waals surface area contributed by atoms with Crippen molar-refractivity contribution in [2.24, 2.45) is 7.05 Å². The molecule has 0 saturated carbocycles. The minimum absolute atomic E-state index is 0.0206. The molecule has 0 radical (unpaired) electrons. The molecule has 1 atom stereocenters. The first kappa shape index (κ1) is 27.8. The largest absolute Gasteiger partial charge is 0.392 e. The standard InChI is InChI=1S/C32H39F2N5O2/c1-20(40)16-37-9-6-22(7-10-37)24-11-25-18-38(21(2)41)19-29(25)31(13-24)39-8-4-5-23-12-27(26-15-35-36(3)17-26)28(32(33)34)14-30(23)39/h11-15,17,20,22,32,40H,4-10,16,18-19H2,1-3H3/t20-/m0/s1. The predicted octanol–water partition coefficient (Wildman–Crippen LogP) is 5.53. The van der Waals surface area contributed by atoms with Crippen molar-refractivity contribution in [3.8, 4) is 11.1 Å². The fourth-order valence-corrected chi connectivity index (χ4v) is 6.93. The van der Waals surface area contributed by atoms with E-state index in [4.69, 9.17) is 0 Å². The third-order valence-electron chi connectivity index (χ3n) is 8.99. The van der Waals surface area contributed by atoms with Crippen LogP contribution < -0.4 is 4.90 Å². The molecule has 218 valence electrons. The summed E-state index contributed by atoms with van der Waals surface area (Å²) in [5.41, 5.74) is 7.75. The summed E-state index contributed by atoms with van der Waals surface area (Å²) in [7, 11) is 1.79. The molecule has 1 saturated heterocycles. The molecule has 2 aromatic carbocycles. The molecule has 1 aromatic heterocycles. The van der Waals surface area contributed by atoms with Crippen LogP contribution in [0.25, 0.3) is 11.1 Å². The lowest BCUT2D eigenvalue weighted by atomic mass is 9.86. The average Bonchev–Trinajstić information content (AvgIpc) is 3.58. The second-order valence-corrected chi connectivity index (χ2v) is 12.0. The number of aliphatic hydroxyl groups is 1. The lowest BCUT2D eigenvalue weighted by molar-refractivity contribution is -0.129. The number of carbonyl (C=O) groups is 1. The molecule has 41 heavy (non-hydrogen) atoms. The van der Waals surface area contributed by atoms with Gasteiger partial charge in [0.2, 0.25) is 5.91 Å². The Morgan fingerprint density at radius 2 is 1.85 bits per heavy atom. The van der Waals surface area contributed by atoms with Gasteiger partial charge in [-0.1, -0.05) is 6.07 Å². The van der Waals surface area contributed by atoms with E-state index in [-0.39, 0.29) is 17.6 Å². The van der Waals surface area contributed by atoms with Crippen molar-refractivity contribution in [2.45, 2.75) is 71.1 Å². The number of benzene rings is 2. The Bertz CT molecular complexity index is 1440. The third kappa shape index (κ3) is 5.49. The van der Waals surface area contributed by atoms with Crippen LogP contribution in [0.2, 0.25) is 0 Å². The Morgan fingerprint density at radius 1 is 1.07 bits per heavy atom. The maximum Gasteiger partial charge on any atom is 0.264 e. The number of hydrogen-bond acceptors (Lipinski definition) is 5. The molecule has 3 aliphatic heterocycles. The quantitative estimate of drug-likeness (QED) is 0.427. The number of halogens is 2. The number of hydrogen-bond donors (Lipinski definition) is 1. The number of carbonyl (C=O) groups excluding carboxylic acids is 1. The van der Waals surface area contributed by atoms with Crippen LogP contribution in [0.5, 0.6) is 0 Å². The first-order valence-electron chi connectivity index (χ1n) is 14.7. The highest BCUT2D eigenvalue weighted by atomic mass is 19.3. The van der Waals surface area contributed by atoms with Gasteiger partial charge in [-0.2, -0.15) is 5.10 Å². The van der Waals surface area contributed by atoms with E-state index in [9.17, 15) is 18.7 Å². The fourth-order valence-electron chi connectivity index (χ4n) is 6.93. The zero-order valence-corrected chi connectivity index (χ0v) is 24.1. The number of aromatic nitrogens is 2. The van der Waals surface area contributed by atoms with Gasteiger partial charge in [0.05, 0.1) is 12.3 Å². The van der Waals surface area contributed by atoms with Crippen molar-refractivity contribution in [2.75, 3.05) is 31.1 Å². The molecule has 9 heteroatoms. The number of aliphatic hydroxyl groups excluding tert-OH is 1. The molecule has 0 bridgehead atoms. The van der Waals surface area contributed by atoms with E-state index in [1.807, 2.05) is 17.9 Å². The second kappa shape index (κ2) is 11.2. The maximum absolute atomic E-state index is 14.5. The molecule has 0 aliphatic carbocycles. The van der Waals surface area contributed by atoms with Crippen LogP contribution in [0.4, 0.5) is 20.2 Å². The zero-order chi connectivity index (χ0) is 28.8. The van der Waals surface area contributed by atoms with E-state index in [1.54, 1.807) is 37.1 Å². The number of piperidine rings is 1. The third-order valence-corrected chi connectivity index (χ3v) is 8.99. The van der Waals surface area contributed by atoms with E-state index in [0.717, 1.165) is 73.4 Å². The van der Waals surface area contributed by atoms with Crippen molar-refractivity contribution < 1.29 is 18.7 Å². The highest BCUT2D eigenvalue weighted by Gasteiger charge is 2.32.